The molecule has 3 aromatic rings. The molecule has 0 heterocycles. The number of nitrogens with one attached hydrogen (secondary N) is 2. The van der Waals surface area contributed by atoms with E-state index < -0.39 is 0 Å². The number of carbonyl (C=O) groups is 2. The van der Waals surface area contributed by atoms with E-state index in [1.54, 1.807) is 73.8 Å². The normalized spacial score (nSPS) is 10.1. The highest BCUT2D eigenvalue weighted by Gasteiger charge is 2.16. The Morgan fingerprint density at radius 3 is 2.48 bits per heavy atom. The number of benzene rings is 3. The van der Waals surface area contributed by atoms with Gasteiger partial charge in [-0.3, -0.25) is 4.79 Å². The largest absolute Gasteiger partial charge is 0.323 e. The summed E-state index contributed by atoms with van der Waals surface area (Å²) in [6.45, 7) is 0.190. The lowest BCUT2D eigenvalue weighted by Gasteiger charge is -2.21. The molecule has 8 heteroatoms. The average Bonchev–Trinajstić information content (AvgIpc) is 2.76. The Morgan fingerprint density at radius 2 is 1.74 bits per heavy atom. The second-order valence-electron chi connectivity index (χ2n) is 6.72. The Labute approximate surface area is 190 Å². The number of nitrogens with zero attached hydrogens (tertiary/aromatic N) is 2. The van der Waals surface area contributed by atoms with Crippen molar-refractivity contribution in [2.24, 2.45) is 0 Å². The van der Waals surface area contributed by atoms with Gasteiger partial charge in [0.2, 0.25) is 0 Å². The minimum absolute atomic E-state index is 0.190. The lowest BCUT2D eigenvalue weighted by molar-refractivity contribution is 0.102. The summed E-state index contributed by atoms with van der Waals surface area (Å²) < 4.78 is 0. The molecule has 0 aliphatic rings. The molecule has 3 aromatic carbocycles. The van der Waals surface area contributed by atoms with Gasteiger partial charge >= 0.3 is 6.03 Å². The van der Waals surface area contributed by atoms with Gasteiger partial charge in [-0.1, -0.05) is 47.5 Å². The number of anilines is 2. The molecule has 3 rings (SSSR count). The topological polar surface area (TPSA) is 85.2 Å². The predicted octanol–water partition coefficient (Wildman–Crippen LogP) is 5.78. The van der Waals surface area contributed by atoms with Crippen molar-refractivity contribution in [2.75, 3.05) is 17.7 Å². The first kappa shape index (κ1) is 22.2. The van der Waals surface area contributed by atoms with E-state index in [0.717, 1.165) is 0 Å². The molecule has 0 unspecified atom stereocenters. The standard InChI is InChI=1S/C23H18Cl2N4O2/c1-29(23(31)27-19-9-2-5-15(11-19)13-26)14-17-7-4-10-20(25)21(17)28-22(30)16-6-3-8-18(24)12-16/h2-12H,14H2,1H3,(H,27,31)(H,28,30). The fourth-order valence-corrected chi connectivity index (χ4v) is 3.30. The number of hydrogen-bond acceptors (Lipinski definition) is 3. The molecule has 0 aliphatic carbocycles. The third-order valence-electron chi connectivity index (χ3n) is 4.42. The number of urea groups is 1. The van der Waals surface area contributed by atoms with E-state index in [4.69, 9.17) is 28.5 Å². The van der Waals surface area contributed by atoms with Gasteiger partial charge in [-0.2, -0.15) is 5.26 Å². The zero-order valence-corrected chi connectivity index (χ0v) is 18.0. The highest BCUT2D eigenvalue weighted by Crippen LogP contribution is 2.28. The number of halogens is 2. The molecule has 0 atom stereocenters. The van der Waals surface area contributed by atoms with Crippen molar-refractivity contribution >= 4 is 46.5 Å². The van der Waals surface area contributed by atoms with Crippen LogP contribution in [0, 0.1) is 11.3 Å². The molecule has 156 valence electrons. The van der Waals surface area contributed by atoms with Gasteiger partial charge in [0, 0.05) is 29.9 Å². The van der Waals surface area contributed by atoms with E-state index in [0.29, 0.717) is 38.1 Å². The van der Waals surface area contributed by atoms with Gasteiger partial charge in [0.15, 0.2) is 0 Å². The van der Waals surface area contributed by atoms with Crippen LogP contribution in [0.4, 0.5) is 16.2 Å². The van der Waals surface area contributed by atoms with E-state index >= 15 is 0 Å². The molecule has 0 spiro atoms. The first-order valence-electron chi connectivity index (χ1n) is 9.24. The van der Waals surface area contributed by atoms with Crippen LogP contribution in [0.3, 0.4) is 0 Å². The summed E-state index contributed by atoms with van der Waals surface area (Å²) in [5.41, 5.74) is 2.42. The Morgan fingerprint density at radius 1 is 1.00 bits per heavy atom. The van der Waals surface area contributed by atoms with E-state index in [-0.39, 0.29) is 18.5 Å². The number of carbonyl (C=O) groups excluding carboxylic acids is 2. The molecule has 2 N–H and O–H groups in total. The van der Waals surface area contributed by atoms with Crippen LogP contribution in [-0.4, -0.2) is 23.9 Å². The zero-order valence-electron chi connectivity index (χ0n) is 16.5. The molecule has 0 saturated carbocycles. The maximum Gasteiger partial charge on any atom is 0.321 e. The zero-order chi connectivity index (χ0) is 22.4. The molecule has 3 amide bonds. The summed E-state index contributed by atoms with van der Waals surface area (Å²) in [5, 5.41) is 15.3. The molecule has 0 bridgehead atoms. The van der Waals surface area contributed by atoms with E-state index in [9.17, 15) is 9.59 Å². The fourth-order valence-electron chi connectivity index (χ4n) is 2.87. The summed E-state index contributed by atoms with van der Waals surface area (Å²) in [7, 11) is 1.62. The fraction of sp³-hybridized carbons (Fsp3) is 0.0870. The van der Waals surface area contributed by atoms with E-state index in [2.05, 4.69) is 10.6 Å². The molecule has 0 radical (unpaired) electrons. The van der Waals surface area contributed by atoms with Crippen molar-refractivity contribution in [3.63, 3.8) is 0 Å². The Bertz CT molecular complexity index is 1170. The molecular weight excluding hydrogens is 435 g/mol. The summed E-state index contributed by atoms with van der Waals surface area (Å²) in [6, 6.07) is 20.0. The van der Waals surface area contributed by atoms with Crippen molar-refractivity contribution in [1.29, 1.82) is 5.26 Å². The van der Waals surface area contributed by atoms with Crippen molar-refractivity contribution in [3.8, 4) is 6.07 Å². The first-order chi connectivity index (χ1) is 14.9. The molecule has 0 aromatic heterocycles. The summed E-state index contributed by atoms with van der Waals surface area (Å²) >= 11 is 12.3. The Hall–Kier alpha value is -3.53. The van der Waals surface area contributed by atoms with Gasteiger partial charge in [0.1, 0.15) is 0 Å². The van der Waals surface area contributed by atoms with Gasteiger partial charge in [0.25, 0.3) is 5.91 Å². The van der Waals surface area contributed by atoms with Crippen LogP contribution in [-0.2, 0) is 6.54 Å². The summed E-state index contributed by atoms with van der Waals surface area (Å²) in [4.78, 5) is 26.7. The van der Waals surface area contributed by atoms with Crippen LogP contribution in [0.25, 0.3) is 0 Å². The van der Waals surface area contributed by atoms with Crippen LogP contribution >= 0.6 is 23.2 Å². The van der Waals surface area contributed by atoms with Crippen LogP contribution < -0.4 is 10.6 Å². The maximum absolute atomic E-state index is 12.6. The minimum atomic E-state index is -0.373. The third kappa shape index (κ3) is 5.76. The monoisotopic (exact) mass is 452 g/mol. The molecular formula is C23H18Cl2N4O2. The van der Waals surface area contributed by atoms with Gasteiger partial charge in [-0.25, -0.2) is 4.79 Å². The van der Waals surface area contributed by atoms with Gasteiger partial charge < -0.3 is 15.5 Å². The molecule has 0 fully saturated rings. The van der Waals surface area contributed by atoms with Gasteiger partial charge in [0.05, 0.1) is 22.3 Å². The van der Waals surface area contributed by atoms with Crippen molar-refractivity contribution in [2.45, 2.75) is 6.54 Å². The van der Waals surface area contributed by atoms with Crippen molar-refractivity contribution in [3.05, 3.63) is 93.5 Å². The second kappa shape index (κ2) is 9.98. The number of hydrogen-bond donors (Lipinski definition) is 2. The van der Waals surface area contributed by atoms with Crippen molar-refractivity contribution in [1.82, 2.24) is 4.90 Å². The SMILES string of the molecule is CN(Cc1cccc(Cl)c1NC(=O)c1cccc(Cl)c1)C(=O)Nc1cccc(C#N)c1. The number of para-hydroxylation sites is 1. The van der Waals surface area contributed by atoms with Gasteiger partial charge in [-0.15, -0.1) is 0 Å². The Kier molecular flexibility index (Phi) is 7.14. The average molecular weight is 453 g/mol. The quantitative estimate of drug-likeness (QED) is 0.514. The van der Waals surface area contributed by atoms with E-state index in [1.807, 2.05) is 6.07 Å². The first-order valence-corrected chi connectivity index (χ1v) is 9.99. The van der Waals surface area contributed by atoms with E-state index in [1.165, 1.54) is 4.90 Å². The van der Waals surface area contributed by atoms with Crippen molar-refractivity contribution < 1.29 is 9.59 Å². The summed E-state index contributed by atoms with van der Waals surface area (Å²) in [6.07, 6.45) is 0. The smallest absolute Gasteiger partial charge is 0.321 e. The minimum Gasteiger partial charge on any atom is -0.323 e. The number of nitriles is 1. The highest BCUT2D eigenvalue weighted by molar-refractivity contribution is 6.34. The van der Waals surface area contributed by atoms with Gasteiger partial charge in [-0.05, 0) is 48.0 Å². The summed E-state index contributed by atoms with van der Waals surface area (Å²) in [5.74, 6) is -0.364. The number of amides is 3. The number of rotatable bonds is 5. The molecule has 6 nitrogen and oxygen atoms in total. The lowest BCUT2D eigenvalue weighted by Crippen LogP contribution is -2.31. The second-order valence-corrected chi connectivity index (χ2v) is 7.56. The van der Waals surface area contributed by atoms with Crippen LogP contribution in [0.1, 0.15) is 21.5 Å². The molecule has 31 heavy (non-hydrogen) atoms. The molecule has 0 aliphatic heterocycles. The van der Waals surface area contributed by atoms with Crippen LogP contribution in [0.15, 0.2) is 66.7 Å². The van der Waals surface area contributed by atoms with Crippen LogP contribution in [0.2, 0.25) is 10.0 Å². The highest BCUT2D eigenvalue weighted by atomic mass is 35.5. The molecule has 0 saturated heterocycles. The van der Waals surface area contributed by atoms with Crippen LogP contribution in [0.5, 0.6) is 0 Å². The lowest BCUT2D eigenvalue weighted by atomic mass is 10.1. The Balaban J connectivity index is 1.75. The maximum atomic E-state index is 12.6. The third-order valence-corrected chi connectivity index (χ3v) is 4.97. The predicted molar refractivity (Wildman–Crippen MR) is 122 cm³/mol.